The summed E-state index contributed by atoms with van der Waals surface area (Å²) in [5.74, 6) is 0.521. The predicted octanol–water partition coefficient (Wildman–Crippen LogP) is 3.57. The van der Waals surface area contributed by atoms with Gasteiger partial charge in [-0.25, -0.2) is 0 Å². The van der Waals surface area contributed by atoms with E-state index in [9.17, 15) is 9.59 Å². The summed E-state index contributed by atoms with van der Waals surface area (Å²) in [5.41, 5.74) is 1.97. The molecule has 2 aromatic carbocycles. The van der Waals surface area contributed by atoms with E-state index in [1.165, 1.54) is 4.57 Å². The Bertz CT molecular complexity index is 1260. The number of nitrogens with one attached hydrogen (secondary N) is 1. The van der Waals surface area contributed by atoms with Crippen molar-refractivity contribution in [3.63, 3.8) is 0 Å². The topological polar surface area (TPSA) is 81.3 Å². The number of aromatic nitrogens is 4. The molecule has 0 aliphatic carbocycles. The molecule has 0 aliphatic rings. The highest BCUT2D eigenvalue weighted by atomic mass is 79.9. The smallest absolute Gasteiger partial charge is 0.297 e. The second kappa shape index (κ2) is 7.20. The van der Waals surface area contributed by atoms with Crippen LogP contribution in [0.2, 0.25) is 0 Å². The molecule has 0 saturated carbocycles. The molecule has 0 fully saturated rings. The molecule has 8 heteroatoms. The van der Waals surface area contributed by atoms with Gasteiger partial charge < -0.3 is 5.32 Å². The highest BCUT2D eigenvalue weighted by Crippen LogP contribution is 2.22. The van der Waals surface area contributed by atoms with E-state index in [1.807, 2.05) is 56.3 Å². The van der Waals surface area contributed by atoms with Crippen molar-refractivity contribution >= 4 is 44.2 Å². The lowest BCUT2D eigenvalue weighted by atomic mass is 10.2. The minimum absolute atomic E-state index is 0.104. The van der Waals surface area contributed by atoms with Crippen molar-refractivity contribution in [1.29, 1.82) is 0 Å². The van der Waals surface area contributed by atoms with Crippen LogP contribution in [0.4, 0.5) is 5.69 Å². The zero-order chi connectivity index (χ0) is 19.8. The number of fused-ring (bicyclic) bond motifs is 3. The Morgan fingerprint density at radius 1 is 1.07 bits per heavy atom. The van der Waals surface area contributed by atoms with Crippen LogP contribution in [-0.4, -0.2) is 25.1 Å². The normalized spacial score (nSPS) is 11.4. The van der Waals surface area contributed by atoms with Gasteiger partial charge in [-0.15, -0.1) is 10.2 Å². The van der Waals surface area contributed by atoms with E-state index < -0.39 is 0 Å². The standard InChI is InChI=1S/C20H18BrN5O2/c1-12(2)18-23-24-19-20(28)25(15-9-5-6-10-16(15)26(18)19)11-17(27)22-14-8-4-3-7-13(14)21/h3-10,12H,11H2,1-2H3,(H,22,27). The Morgan fingerprint density at radius 2 is 1.75 bits per heavy atom. The number of hydrogen-bond donors (Lipinski definition) is 1. The Kier molecular flexibility index (Phi) is 4.72. The van der Waals surface area contributed by atoms with Crippen LogP contribution in [0.1, 0.15) is 25.6 Å². The molecule has 142 valence electrons. The van der Waals surface area contributed by atoms with Gasteiger partial charge in [0.2, 0.25) is 11.6 Å². The van der Waals surface area contributed by atoms with E-state index in [0.717, 1.165) is 9.99 Å². The van der Waals surface area contributed by atoms with Gasteiger partial charge >= 0.3 is 0 Å². The van der Waals surface area contributed by atoms with Crippen LogP contribution in [0.3, 0.4) is 0 Å². The molecule has 0 saturated heterocycles. The van der Waals surface area contributed by atoms with Gasteiger partial charge in [-0.3, -0.25) is 18.6 Å². The summed E-state index contributed by atoms with van der Waals surface area (Å²) < 4.78 is 4.00. The number of anilines is 1. The highest BCUT2D eigenvalue weighted by Gasteiger charge is 2.19. The molecular weight excluding hydrogens is 422 g/mol. The van der Waals surface area contributed by atoms with Gasteiger partial charge in [-0.05, 0) is 40.2 Å². The van der Waals surface area contributed by atoms with E-state index >= 15 is 0 Å². The molecule has 0 radical (unpaired) electrons. The maximum absolute atomic E-state index is 13.1. The third-order valence-electron chi connectivity index (χ3n) is 4.50. The molecular formula is C20H18BrN5O2. The number of rotatable bonds is 4. The second-order valence-corrected chi connectivity index (χ2v) is 7.63. The molecule has 0 unspecified atom stereocenters. The lowest BCUT2D eigenvalue weighted by molar-refractivity contribution is -0.116. The monoisotopic (exact) mass is 439 g/mol. The zero-order valence-electron chi connectivity index (χ0n) is 15.4. The van der Waals surface area contributed by atoms with Crippen LogP contribution < -0.4 is 10.9 Å². The number of para-hydroxylation sites is 3. The van der Waals surface area contributed by atoms with Gasteiger partial charge in [0.1, 0.15) is 12.4 Å². The first-order chi connectivity index (χ1) is 13.5. The molecule has 2 heterocycles. The number of hydrogen-bond acceptors (Lipinski definition) is 4. The number of halogens is 1. The van der Waals surface area contributed by atoms with Crippen LogP contribution >= 0.6 is 15.9 Å². The molecule has 4 rings (SSSR count). The van der Waals surface area contributed by atoms with Crippen molar-refractivity contribution in [1.82, 2.24) is 19.2 Å². The van der Waals surface area contributed by atoms with Crippen molar-refractivity contribution in [2.24, 2.45) is 0 Å². The third kappa shape index (κ3) is 3.09. The first kappa shape index (κ1) is 18.4. The Labute approximate surface area is 169 Å². The van der Waals surface area contributed by atoms with Crippen molar-refractivity contribution < 1.29 is 4.79 Å². The van der Waals surface area contributed by atoms with Crippen LogP contribution in [0.25, 0.3) is 16.7 Å². The van der Waals surface area contributed by atoms with Gasteiger partial charge in [0.05, 0.1) is 16.7 Å². The maximum atomic E-state index is 13.1. The molecule has 1 amide bonds. The van der Waals surface area contributed by atoms with Crippen LogP contribution in [0, 0.1) is 0 Å². The number of carbonyl (C=O) groups excluding carboxylic acids is 1. The average molecular weight is 440 g/mol. The molecule has 7 nitrogen and oxygen atoms in total. The molecule has 1 N–H and O–H groups in total. The summed E-state index contributed by atoms with van der Waals surface area (Å²) in [6.45, 7) is 3.88. The molecule has 4 aromatic rings. The first-order valence-electron chi connectivity index (χ1n) is 8.88. The van der Waals surface area contributed by atoms with Gasteiger partial charge in [0.25, 0.3) is 5.56 Å². The third-order valence-corrected chi connectivity index (χ3v) is 5.20. The molecule has 0 bridgehead atoms. The molecule has 0 atom stereocenters. The molecule has 2 aromatic heterocycles. The van der Waals surface area contributed by atoms with Gasteiger partial charge in [-0.1, -0.05) is 38.1 Å². The van der Waals surface area contributed by atoms with Crippen LogP contribution in [0.5, 0.6) is 0 Å². The van der Waals surface area contributed by atoms with Gasteiger partial charge in [0, 0.05) is 10.4 Å². The maximum Gasteiger partial charge on any atom is 0.297 e. The van der Waals surface area contributed by atoms with E-state index in [1.54, 1.807) is 10.5 Å². The van der Waals surface area contributed by atoms with Crippen molar-refractivity contribution in [3.05, 3.63) is 69.2 Å². The number of nitrogens with zero attached hydrogens (tertiary/aromatic N) is 4. The summed E-state index contributed by atoms with van der Waals surface area (Å²) in [4.78, 5) is 25.7. The quantitative estimate of drug-likeness (QED) is 0.526. The molecule has 28 heavy (non-hydrogen) atoms. The van der Waals surface area contributed by atoms with Crippen LogP contribution in [-0.2, 0) is 11.3 Å². The van der Waals surface area contributed by atoms with Gasteiger partial charge in [0.15, 0.2) is 0 Å². The van der Waals surface area contributed by atoms with Crippen molar-refractivity contribution in [3.8, 4) is 0 Å². The molecule has 0 spiro atoms. The van der Waals surface area contributed by atoms with Gasteiger partial charge in [-0.2, -0.15) is 0 Å². The van der Waals surface area contributed by atoms with Crippen molar-refractivity contribution in [2.75, 3.05) is 5.32 Å². The van der Waals surface area contributed by atoms with E-state index in [0.29, 0.717) is 17.0 Å². The minimum Gasteiger partial charge on any atom is -0.324 e. The Morgan fingerprint density at radius 3 is 2.46 bits per heavy atom. The Hall–Kier alpha value is -3.00. The van der Waals surface area contributed by atoms with E-state index in [4.69, 9.17) is 0 Å². The van der Waals surface area contributed by atoms with E-state index in [-0.39, 0.29) is 29.6 Å². The average Bonchev–Trinajstić information content (AvgIpc) is 3.13. The van der Waals surface area contributed by atoms with Crippen molar-refractivity contribution in [2.45, 2.75) is 26.3 Å². The van der Waals surface area contributed by atoms with Crippen LogP contribution in [0.15, 0.2) is 57.8 Å². The first-order valence-corrected chi connectivity index (χ1v) is 9.67. The largest absolute Gasteiger partial charge is 0.324 e. The fraction of sp³-hybridized carbons (Fsp3) is 0.200. The number of amides is 1. The summed E-state index contributed by atoms with van der Waals surface area (Å²) in [7, 11) is 0. The number of benzene rings is 2. The lowest BCUT2D eigenvalue weighted by Crippen LogP contribution is -2.29. The molecule has 0 aliphatic heterocycles. The fourth-order valence-electron chi connectivity index (χ4n) is 3.21. The summed E-state index contributed by atoms with van der Waals surface area (Å²) in [6.07, 6.45) is 0. The fourth-order valence-corrected chi connectivity index (χ4v) is 3.59. The highest BCUT2D eigenvalue weighted by molar-refractivity contribution is 9.10. The predicted molar refractivity (Wildman–Crippen MR) is 112 cm³/mol. The lowest BCUT2D eigenvalue weighted by Gasteiger charge is -2.13. The summed E-state index contributed by atoms with van der Waals surface area (Å²) in [6, 6.07) is 14.8. The number of carbonyl (C=O) groups is 1. The minimum atomic E-state index is -0.347. The Balaban J connectivity index is 1.83. The summed E-state index contributed by atoms with van der Waals surface area (Å²) >= 11 is 3.41. The zero-order valence-corrected chi connectivity index (χ0v) is 17.0. The second-order valence-electron chi connectivity index (χ2n) is 6.78. The SMILES string of the molecule is CC(C)c1nnc2c(=O)n(CC(=O)Nc3ccccc3Br)c3ccccc3n12. The summed E-state index contributed by atoms with van der Waals surface area (Å²) in [5, 5.41) is 11.1. The van der Waals surface area contributed by atoms with E-state index in [2.05, 4.69) is 31.4 Å².